The van der Waals surface area contributed by atoms with E-state index in [4.69, 9.17) is 9.47 Å². The third kappa shape index (κ3) is 6.50. The van der Waals surface area contributed by atoms with E-state index < -0.39 is 0 Å². The molecular weight excluding hydrogens is 430 g/mol. The predicted molar refractivity (Wildman–Crippen MR) is 133 cm³/mol. The molecule has 0 spiro atoms. The van der Waals surface area contributed by atoms with Gasteiger partial charge < -0.3 is 24.6 Å². The number of likely N-dealkylation sites (tertiary alicyclic amines) is 1. The molecule has 0 aliphatic carbocycles. The second-order valence-electron chi connectivity index (χ2n) is 9.21. The Bertz CT molecular complexity index is 933. The molecule has 1 saturated heterocycles. The Morgan fingerprint density at radius 3 is 2.15 bits per heavy atom. The minimum Gasteiger partial charge on any atom is -0.497 e. The number of likely N-dealkylation sites (N-methyl/N-ethyl adjacent to an activating group) is 1. The molecular formula is C27H37N3O4. The van der Waals surface area contributed by atoms with Gasteiger partial charge in [0.2, 0.25) is 0 Å². The summed E-state index contributed by atoms with van der Waals surface area (Å²) in [6.07, 6.45) is 3.23. The van der Waals surface area contributed by atoms with E-state index in [-0.39, 0.29) is 36.5 Å². The number of carbonyl (C=O) groups is 2. The number of benzene rings is 2. The normalized spacial score (nSPS) is 18.9. The van der Waals surface area contributed by atoms with Crippen LogP contribution in [0, 0.1) is 0 Å². The van der Waals surface area contributed by atoms with Crippen LogP contribution in [0.3, 0.4) is 0 Å². The van der Waals surface area contributed by atoms with Crippen molar-refractivity contribution in [2.75, 3.05) is 34.4 Å². The van der Waals surface area contributed by atoms with Gasteiger partial charge in [0, 0.05) is 24.2 Å². The zero-order valence-electron chi connectivity index (χ0n) is 20.9. The number of hydrogen-bond acceptors (Lipinski definition) is 5. The van der Waals surface area contributed by atoms with Crippen LogP contribution < -0.4 is 14.8 Å². The second kappa shape index (κ2) is 11.9. The van der Waals surface area contributed by atoms with Crippen LogP contribution in [0.4, 0.5) is 0 Å². The largest absolute Gasteiger partial charge is 0.497 e. The van der Waals surface area contributed by atoms with Crippen molar-refractivity contribution in [3.05, 3.63) is 59.7 Å². The minimum atomic E-state index is -0.154. The second-order valence-corrected chi connectivity index (χ2v) is 9.21. The third-order valence-electron chi connectivity index (χ3n) is 6.54. The molecule has 0 bridgehead atoms. The van der Waals surface area contributed by atoms with Crippen LogP contribution in [0.1, 0.15) is 55.1 Å². The summed E-state index contributed by atoms with van der Waals surface area (Å²) in [6.45, 7) is 4.66. The molecule has 0 radical (unpaired) electrons. The molecule has 184 valence electrons. The lowest BCUT2D eigenvalue weighted by atomic mass is 9.97. The molecule has 1 heterocycles. The first-order valence-corrected chi connectivity index (χ1v) is 11.9. The van der Waals surface area contributed by atoms with Crippen LogP contribution in [0.2, 0.25) is 0 Å². The van der Waals surface area contributed by atoms with Gasteiger partial charge in [-0.1, -0.05) is 12.1 Å². The van der Waals surface area contributed by atoms with Crippen LogP contribution in [-0.2, 0) is 4.79 Å². The van der Waals surface area contributed by atoms with Crippen molar-refractivity contribution in [1.29, 1.82) is 0 Å². The number of piperidine rings is 1. The van der Waals surface area contributed by atoms with Crippen LogP contribution in [-0.4, -0.2) is 68.1 Å². The van der Waals surface area contributed by atoms with Crippen molar-refractivity contribution in [3.63, 3.8) is 0 Å². The Morgan fingerprint density at radius 2 is 1.59 bits per heavy atom. The number of methoxy groups -OCH3 is 1. The fraction of sp³-hybridized carbons (Fsp3) is 0.481. The van der Waals surface area contributed by atoms with Crippen molar-refractivity contribution >= 4 is 11.8 Å². The first kappa shape index (κ1) is 25.6. The molecule has 3 atom stereocenters. The summed E-state index contributed by atoms with van der Waals surface area (Å²) in [5.41, 5.74) is 1.64. The molecule has 3 rings (SSSR count). The first-order chi connectivity index (χ1) is 16.3. The zero-order chi connectivity index (χ0) is 24.7. The Labute approximate surface area is 203 Å². The average Bonchev–Trinajstić information content (AvgIpc) is 2.83. The lowest BCUT2D eigenvalue weighted by Crippen LogP contribution is -2.49. The maximum absolute atomic E-state index is 12.7. The van der Waals surface area contributed by atoms with Crippen LogP contribution in [0.15, 0.2) is 48.5 Å². The summed E-state index contributed by atoms with van der Waals surface area (Å²) in [5, 5.41) is 3.02. The van der Waals surface area contributed by atoms with E-state index >= 15 is 0 Å². The first-order valence-electron chi connectivity index (χ1n) is 11.9. The molecule has 0 saturated carbocycles. The number of amides is 2. The number of carbonyl (C=O) groups excluding carboxylic acids is 2. The van der Waals surface area contributed by atoms with Gasteiger partial charge in [0.15, 0.2) is 6.61 Å². The molecule has 0 aromatic heterocycles. The van der Waals surface area contributed by atoms with E-state index in [0.717, 1.165) is 30.6 Å². The van der Waals surface area contributed by atoms with E-state index in [0.29, 0.717) is 17.9 Å². The van der Waals surface area contributed by atoms with Gasteiger partial charge in [-0.3, -0.25) is 9.59 Å². The highest BCUT2D eigenvalue weighted by atomic mass is 16.5. The van der Waals surface area contributed by atoms with Gasteiger partial charge in [-0.05, 0) is 89.2 Å². The SMILES string of the molecule is COc1ccc(C(CNC(=O)c2ccc(OCC(=O)N3C(C)CCCC3C)cc2)N(C)C)cc1. The topological polar surface area (TPSA) is 71.1 Å². The van der Waals surface area contributed by atoms with Crippen LogP contribution >= 0.6 is 0 Å². The number of hydrogen-bond donors (Lipinski definition) is 1. The van der Waals surface area contributed by atoms with Crippen molar-refractivity contribution < 1.29 is 19.1 Å². The number of ether oxygens (including phenoxy) is 2. The van der Waals surface area contributed by atoms with Gasteiger partial charge in [0.25, 0.3) is 11.8 Å². The summed E-state index contributed by atoms with van der Waals surface area (Å²) in [4.78, 5) is 29.4. The maximum atomic E-state index is 12.7. The van der Waals surface area contributed by atoms with E-state index in [1.54, 1.807) is 31.4 Å². The fourth-order valence-corrected chi connectivity index (χ4v) is 4.55. The Hall–Kier alpha value is -3.06. The van der Waals surface area contributed by atoms with Crippen LogP contribution in [0.5, 0.6) is 11.5 Å². The molecule has 2 amide bonds. The fourth-order valence-electron chi connectivity index (χ4n) is 4.55. The highest BCUT2D eigenvalue weighted by Crippen LogP contribution is 2.23. The zero-order valence-corrected chi connectivity index (χ0v) is 20.9. The molecule has 2 aromatic carbocycles. The number of nitrogens with one attached hydrogen (secondary N) is 1. The predicted octanol–water partition coefficient (Wildman–Crippen LogP) is 3.90. The van der Waals surface area contributed by atoms with Gasteiger partial charge >= 0.3 is 0 Å². The monoisotopic (exact) mass is 467 g/mol. The van der Waals surface area contributed by atoms with Gasteiger partial charge in [-0.2, -0.15) is 0 Å². The summed E-state index contributed by atoms with van der Waals surface area (Å²) in [7, 11) is 5.61. The molecule has 1 fully saturated rings. The molecule has 1 aliphatic rings. The van der Waals surface area contributed by atoms with Crippen LogP contribution in [0.25, 0.3) is 0 Å². The highest BCUT2D eigenvalue weighted by Gasteiger charge is 2.29. The van der Waals surface area contributed by atoms with Gasteiger partial charge in [-0.25, -0.2) is 0 Å². The molecule has 34 heavy (non-hydrogen) atoms. The molecule has 7 heteroatoms. The molecule has 1 aliphatic heterocycles. The molecule has 2 aromatic rings. The summed E-state index contributed by atoms with van der Waals surface area (Å²) < 4.78 is 10.9. The van der Waals surface area contributed by atoms with Gasteiger partial charge in [0.1, 0.15) is 11.5 Å². The van der Waals surface area contributed by atoms with E-state index in [1.807, 2.05) is 43.3 Å². The Balaban J connectivity index is 1.53. The lowest BCUT2D eigenvalue weighted by molar-refractivity contribution is -0.139. The van der Waals surface area contributed by atoms with Gasteiger partial charge in [-0.15, -0.1) is 0 Å². The van der Waals surface area contributed by atoms with E-state index in [2.05, 4.69) is 24.1 Å². The smallest absolute Gasteiger partial charge is 0.260 e. The standard InChI is InChI=1S/C27H37N3O4/c1-19-7-6-8-20(2)30(19)26(31)18-34-24-15-11-22(12-16-24)27(32)28-17-25(29(3)4)21-9-13-23(33-5)14-10-21/h9-16,19-20,25H,6-8,17-18H2,1-5H3,(H,28,32). The Morgan fingerprint density at radius 1 is 1.00 bits per heavy atom. The average molecular weight is 468 g/mol. The summed E-state index contributed by atoms with van der Waals surface area (Å²) in [5.74, 6) is 1.23. The third-order valence-corrected chi connectivity index (χ3v) is 6.54. The summed E-state index contributed by atoms with van der Waals surface area (Å²) >= 11 is 0. The van der Waals surface area contributed by atoms with E-state index in [9.17, 15) is 9.59 Å². The maximum Gasteiger partial charge on any atom is 0.260 e. The molecule has 3 unspecified atom stereocenters. The lowest BCUT2D eigenvalue weighted by Gasteiger charge is -2.38. The summed E-state index contributed by atoms with van der Waals surface area (Å²) in [6, 6.07) is 15.3. The molecule has 7 nitrogen and oxygen atoms in total. The number of nitrogens with zero attached hydrogens (tertiary/aromatic N) is 2. The number of rotatable bonds is 9. The van der Waals surface area contributed by atoms with Crippen molar-refractivity contribution in [2.24, 2.45) is 0 Å². The van der Waals surface area contributed by atoms with Crippen molar-refractivity contribution in [1.82, 2.24) is 15.1 Å². The van der Waals surface area contributed by atoms with Gasteiger partial charge in [0.05, 0.1) is 13.2 Å². The minimum absolute atomic E-state index is 0.00655. The Kier molecular flexibility index (Phi) is 8.93. The molecule has 1 N–H and O–H groups in total. The van der Waals surface area contributed by atoms with Crippen molar-refractivity contribution in [3.8, 4) is 11.5 Å². The highest BCUT2D eigenvalue weighted by molar-refractivity contribution is 5.94. The quantitative estimate of drug-likeness (QED) is 0.606. The van der Waals surface area contributed by atoms with E-state index in [1.165, 1.54) is 0 Å². The van der Waals surface area contributed by atoms with Crippen molar-refractivity contribution in [2.45, 2.75) is 51.2 Å².